The first-order valence-corrected chi connectivity index (χ1v) is 10.1. The minimum absolute atomic E-state index is 0.0556. The van der Waals surface area contributed by atoms with Crippen molar-refractivity contribution < 1.29 is 9.59 Å². The van der Waals surface area contributed by atoms with Crippen molar-refractivity contribution >= 4 is 50.8 Å². The molecule has 1 atom stereocenters. The molecule has 2 aromatic rings. The van der Waals surface area contributed by atoms with E-state index in [1.54, 1.807) is 23.1 Å². The van der Waals surface area contributed by atoms with Crippen LogP contribution < -0.4 is 0 Å². The van der Waals surface area contributed by atoms with E-state index in [1.165, 1.54) is 0 Å². The molecule has 26 heavy (non-hydrogen) atoms. The number of rotatable bonds is 1. The van der Waals surface area contributed by atoms with Gasteiger partial charge >= 0.3 is 0 Å². The summed E-state index contributed by atoms with van der Waals surface area (Å²) in [6.07, 6.45) is 2.34. The molecule has 0 spiro atoms. The van der Waals surface area contributed by atoms with Gasteiger partial charge in [-0.3, -0.25) is 14.3 Å². The third kappa shape index (κ3) is 3.08. The van der Waals surface area contributed by atoms with Crippen LogP contribution in [0.1, 0.15) is 44.9 Å². The van der Waals surface area contributed by atoms with Crippen LogP contribution >= 0.6 is 39.1 Å². The van der Waals surface area contributed by atoms with E-state index < -0.39 is 0 Å². The first-order chi connectivity index (χ1) is 12.5. The predicted octanol–water partition coefficient (Wildman–Crippen LogP) is 4.13. The fourth-order valence-electron chi connectivity index (χ4n) is 3.55. The summed E-state index contributed by atoms with van der Waals surface area (Å²) in [6, 6.07) is 4.88. The molecule has 0 saturated carbocycles. The van der Waals surface area contributed by atoms with Gasteiger partial charge < -0.3 is 4.90 Å². The number of carbonyl (C=O) groups excluding carboxylic acids is 2. The molecule has 1 amide bonds. The lowest BCUT2D eigenvalue weighted by molar-refractivity contribution is 0.0732. The van der Waals surface area contributed by atoms with Crippen molar-refractivity contribution in [2.24, 2.45) is 0 Å². The van der Waals surface area contributed by atoms with Crippen molar-refractivity contribution in [2.75, 3.05) is 6.54 Å². The van der Waals surface area contributed by atoms with Crippen LogP contribution in [0.2, 0.25) is 10.0 Å². The number of aryl methyl sites for hydroxylation is 1. The van der Waals surface area contributed by atoms with Gasteiger partial charge in [0, 0.05) is 30.6 Å². The van der Waals surface area contributed by atoms with Gasteiger partial charge in [0.15, 0.2) is 5.78 Å². The summed E-state index contributed by atoms with van der Waals surface area (Å²) < 4.78 is 1.82. The smallest absolute Gasteiger partial charge is 0.254 e. The van der Waals surface area contributed by atoms with Gasteiger partial charge in [-0.15, -0.1) is 0 Å². The van der Waals surface area contributed by atoms with Crippen molar-refractivity contribution in [1.82, 2.24) is 14.7 Å². The second-order valence-corrected chi connectivity index (χ2v) is 8.50. The fourth-order valence-corrected chi connectivity index (χ4v) is 4.39. The van der Waals surface area contributed by atoms with Crippen molar-refractivity contribution in [3.05, 3.63) is 50.8 Å². The number of fused-ring (bicyclic) bond motifs is 3. The molecule has 136 valence electrons. The van der Waals surface area contributed by atoms with E-state index in [-0.39, 0.29) is 16.5 Å². The number of hydrogen-bond donors (Lipinski definition) is 0. The van der Waals surface area contributed by atoms with Gasteiger partial charge in [-0.25, -0.2) is 0 Å². The average Bonchev–Trinajstić information content (AvgIpc) is 2.93. The van der Waals surface area contributed by atoms with E-state index in [2.05, 4.69) is 21.0 Å². The third-order valence-electron chi connectivity index (χ3n) is 4.90. The molecule has 8 heteroatoms. The largest absolute Gasteiger partial charge is 0.334 e. The standard InChI is InChI=1S/C18H16BrCl2N3O2/c19-12-2-1-6-24-16(17(12)25)11-9-23(7-5-15(11)22-24)18(26)10-3-4-13(20)14(21)8-10/h3-4,8,12H,1-2,5-7,9H2. The van der Waals surface area contributed by atoms with Crippen LogP contribution in [-0.4, -0.2) is 37.7 Å². The van der Waals surface area contributed by atoms with Crippen LogP contribution in [0.4, 0.5) is 0 Å². The van der Waals surface area contributed by atoms with Crippen LogP contribution in [0.5, 0.6) is 0 Å². The van der Waals surface area contributed by atoms with Crippen LogP contribution in [0, 0.1) is 0 Å². The number of benzene rings is 1. The highest BCUT2D eigenvalue weighted by Gasteiger charge is 2.33. The topological polar surface area (TPSA) is 55.2 Å². The first kappa shape index (κ1) is 18.0. The maximum absolute atomic E-state index is 12.9. The minimum Gasteiger partial charge on any atom is -0.334 e. The SMILES string of the molecule is O=C1c2c3c(nn2CCCC1Br)CCN(C(=O)c1ccc(Cl)c(Cl)c1)C3. The summed E-state index contributed by atoms with van der Waals surface area (Å²) in [6.45, 7) is 1.68. The molecule has 1 unspecified atom stereocenters. The molecule has 2 aliphatic rings. The molecule has 1 aromatic heterocycles. The van der Waals surface area contributed by atoms with Crippen LogP contribution in [0.15, 0.2) is 18.2 Å². The Hall–Kier alpha value is -1.37. The Kier molecular flexibility index (Phi) is 4.84. The molecule has 0 saturated heterocycles. The number of nitrogens with zero attached hydrogens (tertiary/aromatic N) is 3. The van der Waals surface area contributed by atoms with Crippen LogP contribution in [0.3, 0.4) is 0 Å². The maximum Gasteiger partial charge on any atom is 0.254 e. The molecule has 0 radical (unpaired) electrons. The Morgan fingerprint density at radius 1 is 1.23 bits per heavy atom. The van der Waals surface area contributed by atoms with E-state index in [0.29, 0.717) is 40.8 Å². The molecular weight excluding hydrogens is 441 g/mol. The number of carbonyl (C=O) groups is 2. The molecule has 0 bridgehead atoms. The van der Waals surface area contributed by atoms with E-state index >= 15 is 0 Å². The second kappa shape index (κ2) is 6.98. The number of hydrogen-bond acceptors (Lipinski definition) is 3. The molecule has 3 heterocycles. The van der Waals surface area contributed by atoms with Crippen LogP contribution in [0.25, 0.3) is 0 Å². The van der Waals surface area contributed by atoms with Gasteiger partial charge in [0.2, 0.25) is 0 Å². The zero-order chi connectivity index (χ0) is 18.4. The Morgan fingerprint density at radius 2 is 2.04 bits per heavy atom. The number of amides is 1. The molecule has 0 fully saturated rings. The number of alkyl halides is 1. The summed E-state index contributed by atoms with van der Waals surface area (Å²) in [7, 11) is 0. The molecule has 0 aliphatic carbocycles. The monoisotopic (exact) mass is 455 g/mol. The van der Waals surface area contributed by atoms with Crippen molar-refractivity contribution in [3.8, 4) is 0 Å². The van der Waals surface area contributed by atoms with Crippen molar-refractivity contribution in [2.45, 2.75) is 37.2 Å². The summed E-state index contributed by atoms with van der Waals surface area (Å²) in [4.78, 5) is 27.2. The predicted molar refractivity (Wildman–Crippen MR) is 103 cm³/mol. The fraction of sp³-hybridized carbons (Fsp3) is 0.389. The number of ketones is 1. The number of aromatic nitrogens is 2. The lowest BCUT2D eigenvalue weighted by atomic mass is 10.0. The van der Waals surface area contributed by atoms with Gasteiger partial charge in [0.05, 0.1) is 27.1 Å². The Bertz CT molecular complexity index is 912. The van der Waals surface area contributed by atoms with Crippen LogP contribution in [-0.2, 0) is 19.5 Å². The summed E-state index contributed by atoms with van der Waals surface area (Å²) >= 11 is 15.5. The summed E-state index contributed by atoms with van der Waals surface area (Å²) in [5.41, 5.74) is 2.94. The minimum atomic E-state index is -0.189. The lowest BCUT2D eigenvalue weighted by Crippen LogP contribution is -2.36. The Balaban J connectivity index is 1.65. The lowest BCUT2D eigenvalue weighted by Gasteiger charge is -2.27. The first-order valence-electron chi connectivity index (χ1n) is 8.47. The molecule has 1 aromatic carbocycles. The van der Waals surface area contributed by atoms with E-state index in [9.17, 15) is 9.59 Å². The number of halogens is 3. The van der Waals surface area contributed by atoms with Crippen molar-refractivity contribution in [1.29, 1.82) is 0 Å². The highest BCUT2D eigenvalue weighted by Crippen LogP contribution is 2.30. The molecular formula is C18H16BrCl2N3O2. The van der Waals surface area contributed by atoms with Gasteiger partial charge in [-0.1, -0.05) is 39.1 Å². The third-order valence-corrected chi connectivity index (χ3v) is 6.51. The zero-order valence-corrected chi connectivity index (χ0v) is 16.9. The quantitative estimate of drug-likeness (QED) is 0.606. The Labute approximate surface area is 169 Å². The molecule has 4 rings (SSSR count). The van der Waals surface area contributed by atoms with Gasteiger partial charge in [-0.2, -0.15) is 5.10 Å². The van der Waals surface area contributed by atoms with E-state index in [1.807, 2.05) is 4.68 Å². The highest BCUT2D eigenvalue weighted by molar-refractivity contribution is 9.10. The average molecular weight is 457 g/mol. The van der Waals surface area contributed by atoms with E-state index in [4.69, 9.17) is 23.2 Å². The normalized spacial score (nSPS) is 19.7. The van der Waals surface area contributed by atoms with E-state index in [0.717, 1.165) is 30.6 Å². The summed E-state index contributed by atoms with van der Waals surface area (Å²) in [5.74, 6) is -0.0642. The summed E-state index contributed by atoms with van der Waals surface area (Å²) in [5, 5.41) is 5.40. The molecule has 2 aliphatic heterocycles. The molecule has 0 N–H and O–H groups in total. The van der Waals surface area contributed by atoms with Gasteiger partial charge in [0.25, 0.3) is 5.91 Å². The highest BCUT2D eigenvalue weighted by atomic mass is 79.9. The number of Topliss-reactive ketones (excluding diaryl/α,β-unsaturated/α-hetero) is 1. The van der Waals surface area contributed by atoms with Gasteiger partial charge in [0.1, 0.15) is 5.69 Å². The molecule has 5 nitrogen and oxygen atoms in total. The van der Waals surface area contributed by atoms with Crippen molar-refractivity contribution in [3.63, 3.8) is 0 Å². The zero-order valence-electron chi connectivity index (χ0n) is 13.8. The van der Waals surface area contributed by atoms with Gasteiger partial charge in [-0.05, 0) is 31.0 Å². The second-order valence-electron chi connectivity index (χ2n) is 6.58. The Morgan fingerprint density at radius 3 is 2.81 bits per heavy atom. The maximum atomic E-state index is 12.9.